The second-order valence-corrected chi connectivity index (χ2v) is 4.25. The van der Waals surface area contributed by atoms with Crippen LogP contribution in [-0.4, -0.2) is 24.9 Å². The number of nitrogens with one attached hydrogen (secondary N) is 2. The quantitative estimate of drug-likeness (QED) is 0.847. The SMILES string of the molecule is CCNC(C)CC(=O)Nc1ccccc1OC(F)(F)F. The average Bonchev–Trinajstić information content (AvgIpc) is 2.30. The summed E-state index contributed by atoms with van der Waals surface area (Å²) in [5.74, 6) is -0.805. The number of alkyl halides is 3. The van der Waals surface area contributed by atoms with Crippen molar-refractivity contribution in [1.29, 1.82) is 0 Å². The normalized spacial score (nSPS) is 12.8. The molecule has 0 aliphatic heterocycles. The Balaban J connectivity index is 2.70. The lowest BCUT2D eigenvalue weighted by Crippen LogP contribution is -2.30. The number of rotatable bonds is 6. The zero-order valence-electron chi connectivity index (χ0n) is 11.3. The van der Waals surface area contributed by atoms with Gasteiger partial charge in [-0.1, -0.05) is 19.1 Å². The fourth-order valence-electron chi connectivity index (χ4n) is 1.68. The number of halogens is 3. The molecule has 1 amide bonds. The summed E-state index contributed by atoms with van der Waals surface area (Å²) in [5.41, 5.74) is -0.00137. The van der Waals surface area contributed by atoms with Crippen molar-refractivity contribution >= 4 is 11.6 Å². The van der Waals surface area contributed by atoms with Crippen LogP contribution in [0.3, 0.4) is 0 Å². The first kappa shape index (κ1) is 16.3. The maximum Gasteiger partial charge on any atom is 0.573 e. The molecule has 1 aromatic rings. The summed E-state index contributed by atoms with van der Waals surface area (Å²) in [4.78, 5) is 11.7. The molecule has 0 fully saturated rings. The third-order valence-corrected chi connectivity index (χ3v) is 2.43. The van der Waals surface area contributed by atoms with Crippen molar-refractivity contribution in [3.63, 3.8) is 0 Å². The van der Waals surface area contributed by atoms with Gasteiger partial charge in [-0.25, -0.2) is 0 Å². The van der Waals surface area contributed by atoms with Crippen LogP contribution in [0.5, 0.6) is 5.75 Å². The minimum atomic E-state index is -4.79. The second-order valence-electron chi connectivity index (χ2n) is 4.25. The summed E-state index contributed by atoms with van der Waals surface area (Å²) < 4.78 is 40.5. The zero-order chi connectivity index (χ0) is 15.2. The lowest BCUT2D eigenvalue weighted by Gasteiger charge is -2.15. The molecule has 0 bridgehead atoms. The topological polar surface area (TPSA) is 50.4 Å². The van der Waals surface area contributed by atoms with Crippen molar-refractivity contribution in [1.82, 2.24) is 5.32 Å². The Bertz CT molecular complexity index is 449. The molecule has 0 aromatic heterocycles. The van der Waals surface area contributed by atoms with E-state index in [1.54, 1.807) is 0 Å². The molecule has 1 aromatic carbocycles. The molecule has 0 radical (unpaired) electrons. The maximum atomic E-state index is 12.2. The Hall–Kier alpha value is -1.76. The molecule has 0 heterocycles. The van der Waals surface area contributed by atoms with E-state index in [0.29, 0.717) is 6.54 Å². The highest BCUT2D eigenvalue weighted by Gasteiger charge is 2.32. The van der Waals surface area contributed by atoms with Gasteiger partial charge in [0.2, 0.25) is 5.91 Å². The molecule has 2 N–H and O–H groups in total. The predicted molar refractivity (Wildman–Crippen MR) is 69.5 cm³/mol. The van der Waals surface area contributed by atoms with E-state index < -0.39 is 12.1 Å². The molecule has 0 saturated heterocycles. The highest BCUT2D eigenvalue weighted by Crippen LogP contribution is 2.29. The molecule has 1 atom stereocenters. The van der Waals surface area contributed by atoms with E-state index in [-0.39, 0.29) is 24.1 Å². The van der Waals surface area contributed by atoms with E-state index >= 15 is 0 Å². The van der Waals surface area contributed by atoms with E-state index in [1.807, 2.05) is 13.8 Å². The Kier molecular flexibility index (Phi) is 5.82. The average molecular weight is 290 g/mol. The fraction of sp³-hybridized carbons (Fsp3) is 0.462. The molecular formula is C13H17F3N2O2. The minimum absolute atomic E-state index is 0.00137. The van der Waals surface area contributed by atoms with Crippen molar-refractivity contribution in [3.05, 3.63) is 24.3 Å². The zero-order valence-corrected chi connectivity index (χ0v) is 11.3. The number of benzene rings is 1. The van der Waals surface area contributed by atoms with Crippen LogP contribution >= 0.6 is 0 Å². The summed E-state index contributed by atoms with van der Waals surface area (Å²) >= 11 is 0. The first-order valence-electron chi connectivity index (χ1n) is 6.20. The van der Waals surface area contributed by atoms with Gasteiger partial charge in [-0.15, -0.1) is 13.2 Å². The summed E-state index contributed by atoms with van der Waals surface area (Å²) in [6, 6.07) is 5.37. The Labute approximate surface area is 115 Å². The van der Waals surface area contributed by atoms with Crippen molar-refractivity contribution in [3.8, 4) is 5.75 Å². The van der Waals surface area contributed by atoms with Crippen LogP contribution < -0.4 is 15.4 Å². The Morgan fingerprint density at radius 1 is 1.35 bits per heavy atom. The molecule has 20 heavy (non-hydrogen) atoms. The maximum absolute atomic E-state index is 12.2. The number of carbonyl (C=O) groups excluding carboxylic acids is 1. The molecule has 7 heteroatoms. The highest BCUT2D eigenvalue weighted by molar-refractivity contribution is 5.92. The van der Waals surface area contributed by atoms with E-state index in [4.69, 9.17) is 0 Å². The van der Waals surface area contributed by atoms with Gasteiger partial charge in [-0.2, -0.15) is 0 Å². The third-order valence-electron chi connectivity index (χ3n) is 2.43. The van der Waals surface area contributed by atoms with Crippen LogP contribution in [0.4, 0.5) is 18.9 Å². The summed E-state index contributed by atoms with van der Waals surface area (Å²) in [7, 11) is 0. The number of anilines is 1. The van der Waals surface area contributed by atoms with Gasteiger partial charge in [0.15, 0.2) is 5.75 Å². The lowest BCUT2D eigenvalue weighted by atomic mass is 10.2. The van der Waals surface area contributed by atoms with E-state index in [9.17, 15) is 18.0 Å². The number of para-hydroxylation sites is 2. The Morgan fingerprint density at radius 2 is 2.00 bits per heavy atom. The number of hydrogen-bond acceptors (Lipinski definition) is 3. The van der Waals surface area contributed by atoms with Gasteiger partial charge in [0.25, 0.3) is 0 Å². The first-order valence-corrected chi connectivity index (χ1v) is 6.20. The van der Waals surface area contributed by atoms with Gasteiger partial charge in [0.1, 0.15) is 0 Å². The van der Waals surface area contributed by atoms with E-state index in [1.165, 1.54) is 18.2 Å². The molecule has 0 aliphatic rings. The largest absolute Gasteiger partial charge is 0.573 e. The number of amides is 1. The van der Waals surface area contributed by atoms with Gasteiger partial charge in [0.05, 0.1) is 5.69 Å². The molecule has 0 spiro atoms. The van der Waals surface area contributed by atoms with Crippen molar-refractivity contribution < 1.29 is 22.7 Å². The van der Waals surface area contributed by atoms with Crippen LogP contribution in [0.15, 0.2) is 24.3 Å². The first-order chi connectivity index (χ1) is 9.31. The molecule has 0 saturated carbocycles. The van der Waals surface area contributed by atoms with Gasteiger partial charge in [-0.3, -0.25) is 4.79 Å². The minimum Gasteiger partial charge on any atom is -0.404 e. The number of ether oxygens (including phenoxy) is 1. The Morgan fingerprint density at radius 3 is 2.60 bits per heavy atom. The number of carbonyl (C=O) groups is 1. The lowest BCUT2D eigenvalue weighted by molar-refractivity contribution is -0.274. The number of hydrogen-bond donors (Lipinski definition) is 2. The molecule has 4 nitrogen and oxygen atoms in total. The van der Waals surface area contributed by atoms with Crippen LogP contribution in [0.2, 0.25) is 0 Å². The van der Waals surface area contributed by atoms with Gasteiger partial charge in [0, 0.05) is 12.5 Å². The standard InChI is InChI=1S/C13H17F3N2O2/c1-3-17-9(2)8-12(19)18-10-6-4-5-7-11(10)20-13(14,15)16/h4-7,9,17H,3,8H2,1-2H3,(H,18,19). The second kappa shape index (κ2) is 7.14. The smallest absolute Gasteiger partial charge is 0.404 e. The van der Waals surface area contributed by atoms with E-state index in [0.717, 1.165) is 6.07 Å². The molecule has 1 rings (SSSR count). The van der Waals surface area contributed by atoms with Crippen molar-refractivity contribution in [2.75, 3.05) is 11.9 Å². The summed E-state index contributed by atoms with van der Waals surface area (Å²) in [6.45, 7) is 4.43. The molecule has 1 unspecified atom stereocenters. The predicted octanol–water partition coefficient (Wildman–Crippen LogP) is 2.91. The molecule has 0 aliphatic carbocycles. The van der Waals surface area contributed by atoms with E-state index in [2.05, 4.69) is 15.4 Å². The van der Waals surface area contributed by atoms with Crippen molar-refractivity contribution in [2.45, 2.75) is 32.7 Å². The van der Waals surface area contributed by atoms with Crippen molar-refractivity contribution in [2.24, 2.45) is 0 Å². The molecular weight excluding hydrogens is 273 g/mol. The van der Waals surface area contributed by atoms with Crippen LogP contribution in [0.1, 0.15) is 20.3 Å². The van der Waals surface area contributed by atoms with Crippen LogP contribution in [-0.2, 0) is 4.79 Å². The van der Waals surface area contributed by atoms with Crippen LogP contribution in [0.25, 0.3) is 0 Å². The van der Waals surface area contributed by atoms with Crippen LogP contribution in [0, 0.1) is 0 Å². The van der Waals surface area contributed by atoms with Gasteiger partial charge < -0.3 is 15.4 Å². The molecule has 112 valence electrons. The summed E-state index contributed by atoms with van der Waals surface area (Å²) in [6.07, 6.45) is -4.63. The monoisotopic (exact) mass is 290 g/mol. The third kappa shape index (κ3) is 5.92. The highest BCUT2D eigenvalue weighted by atomic mass is 19.4. The fourth-order valence-corrected chi connectivity index (χ4v) is 1.68. The van der Waals surface area contributed by atoms with Gasteiger partial charge in [-0.05, 0) is 25.6 Å². The van der Waals surface area contributed by atoms with Gasteiger partial charge >= 0.3 is 6.36 Å². The summed E-state index contributed by atoms with van der Waals surface area (Å²) in [5, 5.41) is 5.46.